The molecule has 0 aromatic heterocycles. The second-order valence-electron chi connectivity index (χ2n) is 4.31. The summed E-state index contributed by atoms with van der Waals surface area (Å²) in [5.74, 6) is -1.71. The number of anilines is 1. The number of aliphatic carboxylic acids is 1. The number of halogens is 2. The summed E-state index contributed by atoms with van der Waals surface area (Å²) in [5.41, 5.74) is 0.540. The van der Waals surface area contributed by atoms with E-state index in [1.165, 1.54) is 0 Å². The van der Waals surface area contributed by atoms with Crippen LogP contribution >= 0.6 is 27.5 Å². The van der Waals surface area contributed by atoms with Crippen molar-refractivity contribution >= 4 is 45.2 Å². The predicted molar refractivity (Wildman–Crippen MR) is 77.0 cm³/mol. The number of nitrogens with one attached hydrogen (secondary N) is 2. The highest BCUT2D eigenvalue weighted by Gasteiger charge is 2.35. The highest BCUT2D eigenvalue weighted by Crippen LogP contribution is 2.25. The van der Waals surface area contributed by atoms with Gasteiger partial charge in [-0.15, -0.1) is 0 Å². The lowest BCUT2D eigenvalue weighted by atomic mass is 10.0. The number of urea groups is 1. The Labute approximate surface area is 128 Å². The molecular formula is C12H12BrClN2O4. The van der Waals surface area contributed by atoms with Crippen LogP contribution in [0.3, 0.4) is 0 Å². The Balaban J connectivity index is 1.97. The van der Waals surface area contributed by atoms with Crippen LogP contribution in [0.5, 0.6) is 0 Å². The number of ether oxygens (including phenoxy) is 1. The Morgan fingerprint density at radius 3 is 2.80 bits per heavy atom. The molecule has 0 bridgehead atoms. The van der Waals surface area contributed by atoms with E-state index in [-0.39, 0.29) is 13.2 Å². The molecule has 2 amide bonds. The first kappa shape index (κ1) is 15.1. The quantitative estimate of drug-likeness (QED) is 0.769. The Hall–Kier alpha value is -1.31. The molecule has 1 aliphatic rings. The molecule has 0 aliphatic carbocycles. The van der Waals surface area contributed by atoms with Gasteiger partial charge in [-0.05, 0) is 34.1 Å². The lowest BCUT2D eigenvalue weighted by molar-refractivity contribution is -0.142. The highest BCUT2D eigenvalue weighted by atomic mass is 79.9. The first-order valence-electron chi connectivity index (χ1n) is 5.80. The van der Waals surface area contributed by atoms with Crippen molar-refractivity contribution in [3.63, 3.8) is 0 Å². The van der Waals surface area contributed by atoms with Crippen molar-refractivity contribution in [2.24, 2.45) is 5.92 Å². The third-order valence-corrected chi connectivity index (χ3v) is 3.78. The second kappa shape index (κ2) is 6.43. The van der Waals surface area contributed by atoms with E-state index in [2.05, 4.69) is 26.6 Å². The molecule has 0 saturated carbocycles. The van der Waals surface area contributed by atoms with Crippen LogP contribution in [0.25, 0.3) is 0 Å². The zero-order chi connectivity index (χ0) is 14.7. The molecule has 108 valence electrons. The van der Waals surface area contributed by atoms with Gasteiger partial charge in [0.05, 0.1) is 24.9 Å². The largest absolute Gasteiger partial charge is 0.481 e. The number of carboxylic acid groups (broad SMARTS) is 1. The maximum Gasteiger partial charge on any atom is 0.319 e. The van der Waals surface area contributed by atoms with Gasteiger partial charge < -0.3 is 20.5 Å². The van der Waals surface area contributed by atoms with Crippen molar-refractivity contribution in [2.45, 2.75) is 6.04 Å². The minimum atomic E-state index is -0.986. The average molecular weight is 364 g/mol. The topological polar surface area (TPSA) is 87.7 Å². The summed E-state index contributed by atoms with van der Waals surface area (Å²) in [6.45, 7) is 0.289. The van der Waals surface area contributed by atoms with E-state index < -0.39 is 24.0 Å². The number of hydrogen-bond acceptors (Lipinski definition) is 3. The van der Waals surface area contributed by atoms with Crippen LogP contribution in [-0.2, 0) is 9.53 Å². The fourth-order valence-corrected chi connectivity index (χ4v) is 2.64. The molecule has 2 rings (SSSR count). The monoisotopic (exact) mass is 362 g/mol. The van der Waals surface area contributed by atoms with Gasteiger partial charge in [-0.25, -0.2) is 4.79 Å². The van der Waals surface area contributed by atoms with E-state index in [1.54, 1.807) is 18.2 Å². The zero-order valence-electron chi connectivity index (χ0n) is 10.2. The van der Waals surface area contributed by atoms with Crippen molar-refractivity contribution in [3.8, 4) is 0 Å². The second-order valence-corrected chi connectivity index (χ2v) is 5.60. The fraction of sp³-hybridized carbons (Fsp3) is 0.333. The highest BCUT2D eigenvalue weighted by molar-refractivity contribution is 9.10. The van der Waals surface area contributed by atoms with Gasteiger partial charge in [0.2, 0.25) is 0 Å². The summed E-state index contributed by atoms with van der Waals surface area (Å²) in [6, 6.07) is 3.90. The molecule has 2 atom stereocenters. The van der Waals surface area contributed by atoms with Crippen LogP contribution in [0, 0.1) is 5.92 Å². The first-order chi connectivity index (χ1) is 9.47. The van der Waals surface area contributed by atoms with Gasteiger partial charge >= 0.3 is 12.0 Å². The van der Waals surface area contributed by atoms with Crippen LogP contribution in [0.2, 0.25) is 5.02 Å². The van der Waals surface area contributed by atoms with Gasteiger partial charge in [-0.1, -0.05) is 11.6 Å². The number of rotatable bonds is 3. The summed E-state index contributed by atoms with van der Waals surface area (Å²) >= 11 is 9.08. The number of carbonyl (C=O) groups excluding carboxylic acids is 1. The Kier molecular flexibility index (Phi) is 4.85. The third kappa shape index (κ3) is 3.62. The van der Waals surface area contributed by atoms with Crippen LogP contribution in [0.15, 0.2) is 22.7 Å². The van der Waals surface area contributed by atoms with Crippen LogP contribution < -0.4 is 10.6 Å². The van der Waals surface area contributed by atoms with Gasteiger partial charge in [-0.3, -0.25) is 4.79 Å². The minimum Gasteiger partial charge on any atom is -0.481 e. The summed E-state index contributed by atoms with van der Waals surface area (Å²) in [4.78, 5) is 22.8. The summed E-state index contributed by atoms with van der Waals surface area (Å²) in [7, 11) is 0. The molecule has 1 aliphatic heterocycles. The SMILES string of the molecule is O=C(Nc1ccc(Cl)cc1Br)NC1COCC1C(=O)O. The van der Waals surface area contributed by atoms with Crippen molar-refractivity contribution in [1.82, 2.24) is 5.32 Å². The average Bonchev–Trinajstić information content (AvgIpc) is 2.81. The summed E-state index contributed by atoms with van der Waals surface area (Å²) in [6.07, 6.45) is 0. The Morgan fingerprint density at radius 1 is 1.40 bits per heavy atom. The molecule has 20 heavy (non-hydrogen) atoms. The van der Waals surface area contributed by atoms with Crippen LogP contribution in [0.1, 0.15) is 0 Å². The minimum absolute atomic E-state index is 0.102. The molecule has 8 heteroatoms. The number of hydrogen-bond donors (Lipinski definition) is 3. The molecule has 6 nitrogen and oxygen atoms in total. The fourth-order valence-electron chi connectivity index (χ4n) is 1.86. The van der Waals surface area contributed by atoms with Crippen molar-refractivity contribution < 1.29 is 19.4 Å². The molecule has 1 heterocycles. The van der Waals surface area contributed by atoms with Crippen LogP contribution in [-0.4, -0.2) is 36.4 Å². The van der Waals surface area contributed by atoms with Gasteiger partial charge in [0, 0.05) is 9.50 Å². The molecule has 1 aromatic carbocycles. The van der Waals surface area contributed by atoms with Gasteiger partial charge in [0.25, 0.3) is 0 Å². The van der Waals surface area contributed by atoms with E-state index in [4.69, 9.17) is 21.4 Å². The normalized spacial score (nSPS) is 21.5. The smallest absolute Gasteiger partial charge is 0.319 e. The maximum atomic E-state index is 11.8. The lowest BCUT2D eigenvalue weighted by Gasteiger charge is -2.16. The number of carbonyl (C=O) groups is 2. The van der Waals surface area contributed by atoms with Gasteiger partial charge in [0.15, 0.2) is 0 Å². The molecule has 3 N–H and O–H groups in total. The Bertz CT molecular complexity index is 540. The maximum absolute atomic E-state index is 11.8. The number of benzene rings is 1. The molecule has 0 radical (unpaired) electrons. The number of carboxylic acids is 1. The molecule has 1 saturated heterocycles. The lowest BCUT2D eigenvalue weighted by Crippen LogP contribution is -2.44. The molecular weight excluding hydrogens is 351 g/mol. The van der Waals surface area contributed by atoms with Crippen molar-refractivity contribution in [3.05, 3.63) is 27.7 Å². The summed E-state index contributed by atoms with van der Waals surface area (Å²) in [5, 5.41) is 14.7. The van der Waals surface area contributed by atoms with Crippen molar-refractivity contribution in [2.75, 3.05) is 18.5 Å². The predicted octanol–water partition coefficient (Wildman–Crippen LogP) is 2.32. The van der Waals surface area contributed by atoms with Crippen molar-refractivity contribution in [1.29, 1.82) is 0 Å². The first-order valence-corrected chi connectivity index (χ1v) is 6.97. The van der Waals surface area contributed by atoms with E-state index in [9.17, 15) is 9.59 Å². The number of amides is 2. The van der Waals surface area contributed by atoms with Gasteiger partial charge in [0.1, 0.15) is 5.92 Å². The standard InChI is InChI=1S/C12H12BrClN2O4/c13-8-3-6(14)1-2-9(8)15-12(19)16-10-5-20-4-7(10)11(17)18/h1-3,7,10H,4-5H2,(H,17,18)(H2,15,16,19). The molecule has 1 aromatic rings. The zero-order valence-corrected chi connectivity index (χ0v) is 12.6. The van der Waals surface area contributed by atoms with E-state index in [0.29, 0.717) is 15.2 Å². The molecule has 2 unspecified atom stereocenters. The van der Waals surface area contributed by atoms with E-state index >= 15 is 0 Å². The summed E-state index contributed by atoms with van der Waals surface area (Å²) < 4.78 is 5.71. The van der Waals surface area contributed by atoms with E-state index in [1.807, 2.05) is 0 Å². The molecule has 1 fully saturated rings. The Morgan fingerprint density at radius 2 is 2.15 bits per heavy atom. The third-order valence-electron chi connectivity index (χ3n) is 2.89. The van der Waals surface area contributed by atoms with Crippen LogP contribution in [0.4, 0.5) is 10.5 Å². The van der Waals surface area contributed by atoms with Gasteiger partial charge in [-0.2, -0.15) is 0 Å². The van der Waals surface area contributed by atoms with E-state index in [0.717, 1.165) is 0 Å². The molecule has 0 spiro atoms.